The number of carboxylic acids is 1. The molecule has 0 aliphatic heterocycles. The molecule has 1 saturated carbocycles. The molecule has 0 aromatic heterocycles. The van der Waals surface area contributed by atoms with Crippen molar-refractivity contribution in [3.8, 4) is 5.75 Å². The third kappa shape index (κ3) is 2.44. The van der Waals surface area contributed by atoms with E-state index in [-0.39, 0.29) is 5.75 Å². The Bertz CT molecular complexity index is 490. The number of phenols is 1. The van der Waals surface area contributed by atoms with Gasteiger partial charge < -0.3 is 10.2 Å². The Kier molecular flexibility index (Phi) is 4.04. The number of hydrogen-bond donors (Lipinski definition) is 2. The summed E-state index contributed by atoms with van der Waals surface area (Å²) in [4.78, 5) is 11.8. The van der Waals surface area contributed by atoms with E-state index in [1.54, 1.807) is 12.1 Å². The second-order valence-corrected chi connectivity index (χ2v) is 5.70. The van der Waals surface area contributed by atoms with Gasteiger partial charge in [-0.1, -0.05) is 37.8 Å². The zero-order valence-electron chi connectivity index (χ0n) is 11.1. The second kappa shape index (κ2) is 5.41. The van der Waals surface area contributed by atoms with Crippen LogP contribution in [0.1, 0.15) is 50.2 Å². The number of aromatic hydroxyl groups is 1. The van der Waals surface area contributed by atoms with Gasteiger partial charge in [-0.15, -0.1) is 0 Å². The lowest BCUT2D eigenvalue weighted by molar-refractivity contribution is -0.145. The normalized spacial score (nSPS) is 18.2. The Morgan fingerprint density at radius 2 is 1.95 bits per heavy atom. The van der Waals surface area contributed by atoms with Crippen molar-refractivity contribution < 1.29 is 15.0 Å². The van der Waals surface area contributed by atoms with Crippen molar-refractivity contribution in [3.05, 3.63) is 28.3 Å². The quantitative estimate of drug-likeness (QED) is 0.884. The Morgan fingerprint density at radius 3 is 2.47 bits per heavy atom. The number of halogens is 1. The second-order valence-electron chi connectivity index (χ2n) is 5.26. The number of aliphatic carboxylic acids is 1. The van der Waals surface area contributed by atoms with Crippen LogP contribution in [0.25, 0.3) is 0 Å². The van der Waals surface area contributed by atoms with Gasteiger partial charge in [-0.2, -0.15) is 0 Å². The first-order valence-electron chi connectivity index (χ1n) is 6.76. The number of rotatable bonds is 3. The van der Waals surface area contributed by atoms with Gasteiger partial charge in [0.2, 0.25) is 0 Å². The predicted octanol–water partition coefficient (Wildman–Crippen LogP) is 3.89. The van der Waals surface area contributed by atoms with E-state index in [9.17, 15) is 15.0 Å². The fraction of sp³-hybridized carbons (Fsp3) is 0.533. The molecule has 0 atom stereocenters. The lowest BCUT2D eigenvalue weighted by Crippen LogP contribution is -2.38. The first-order chi connectivity index (χ1) is 9.01. The van der Waals surface area contributed by atoms with Crippen molar-refractivity contribution in [1.82, 2.24) is 0 Å². The van der Waals surface area contributed by atoms with E-state index in [1.165, 1.54) is 0 Å². The summed E-state index contributed by atoms with van der Waals surface area (Å²) in [7, 11) is 0. The summed E-state index contributed by atoms with van der Waals surface area (Å²) in [6.07, 6.45) is 4.57. The SMILES string of the molecule is CCc1cc(Cl)cc(C2(C(=O)O)CCCCC2)c1O. The molecule has 1 aromatic carbocycles. The first-order valence-corrected chi connectivity index (χ1v) is 7.14. The van der Waals surface area contributed by atoms with Crippen LogP contribution in [0.3, 0.4) is 0 Å². The molecule has 2 N–H and O–H groups in total. The molecule has 0 saturated heterocycles. The van der Waals surface area contributed by atoms with Crippen LogP contribution in [-0.2, 0) is 16.6 Å². The first kappa shape index (κ1) is 14.2. The molecule has 1 aliphatic rings. The molecule has 0 heterocycles. The zero-order chi connectivity index (χ0) is 14.0. The predicted molar refractivity (Wildman–Crippen MR) is 74.9 cm³/mol. The highest BCUT2D eigenvalue weighted by molar-refractivity contribution is 6.30. The Labute approximate surface area is 118 Å². The van der Waals surface area contributed by atoms with Crippen LogP contribution >= 0.6 is 11.6 Å². The summed E-state index contributed by atoms with van der Waals surface area (Å²) >= 11 is 6.08. The minimum Gasteiger partial charge on any atom is -0.507 e. The molecule has 4 heteroatoms. The minimum atomic E-state index is -0.975. The summed E-state index contributed by atoms with van der Waals surface area (Å²) in [5.74, 6) is -0.747. The fourth-order valence-corrected chi connectivity index (χ4v) is 3.28. The van der Waals surface area contributed by atoms with E-state index >= 15 is 0 Å². The van der Waals surface area contributed by atoms with Crippen LogP contribution in [0.5, 0.6) is 5.75 Å². The van der Waals surface area contributed by atoms with E-state index in [0.717, 1.165) is 19.3 Å². The Hall–Kier alpha value is -1.22. The molecule has 0 radical (unpaired) electrons. The van der Waals surface area contributed by atoms with Crippen LogP contribution in [0.4, 0.5) is 0 Å². The van der Waals surface area contributed by atoms with Gasteiger partial charge in [0.15, 0.2) is 0 Å². The number of carboxylic acid groups (broad SMARTS) is 1. The highest BCUT2D eigenvalue weighted by Crippen LogP contribution is 2.45. The van der Waals surface area contributed by atoms with Crippen molar-refractivity contribution in [3.63, 3.8) is 0 Å². The number of carbonyl (C=O) groups is 1. The van der Waals surface area contributed by atoms with Crippen LogP contribution in [-0.4, -0.2) is 16.2 Å². The van der Waals surface area contributed by atoms with Gasteiger partial charge in [0.1, 0.15) is 5.75 Å². The molecular formula is C15H19ClO3. The molecule has 2 rings (SSSR count). The van der Waals surface area contributed by atoms with E-state index in [2.05, 4.69) is 0 Å². The van der Waals surface area contributed by atoms with E-state index in [1.807, 2.05) is 6.92 Å². The van der Waals surface area contributed by atoms with E-state index in [4.69, 9.17) is 11.6 Å². The van der Waals surface area contributed by atoms with Gasteiger partial charge >= 0.3 is 5.97 Å². The zero-order valence-corrected chi connectivity index (χ0v) is 11.8. The van der Waals surface area contributed by atoms with Crippen LogP contribution in [0, 0.1) is 0 Å². The number of hydrogen-bond acceptors (Lipinski definition) is 2. The van der Waals surface area contributed by atoms with Gasteiger partial charge in [-0.05, 0) is 37.0 Å². The summed E-state index contributed by atoms with van der Waals surface area (Å²) < 4.78 is 0. The smallest absolute Gasteiger partial charge is 0.314 e. The molecular weight excluding hydrogens is 264 g/mol. The van der Waals surface area contributed by atoms with E-state index < -0.39 is 11.4 Å². The van der Waals surface area contributed by atoms with Gasteiger partial charge in [-0.3, -0.25) is 4.79 Å². The molecule has 1 fully saturated rings. The van der Waals surface area contributed by atoms with Crippen molar-refractivity contribution in [2.75, 3.05) is 0 Å². The van der Waals surface area contributed by atoms with Gasteiger partial charge in [0.05, 0.1) is 5.41 Å². The van der Waals surface area contributed by atoms with Crippen molar-refractivity contribution in [1.29, 1.82) is 0 Å². The number of benzene rings is 1. The summed E-state index contributed by atoms with van der Waals surface area (Å²) in [6, 6.07) is 3.33. The van der Waals surface area contributed by atoms with Crippen molar-refractivity contribution in [2.45, 2.75) is 50.9 Å². The maximum Gasteiger partial charge on any atom is 0.314 e. The average molecular weight is 283 g/mol. The topological polar surface area (TPSA) is 57.5 Å². The van der Waals surface area contributed by atoms with Crippen LogP contribution < -0.4 is 0 Å². The largest absolute Gasteiger partial charge is 0.507 e. The maximum absolute atomic E-state index is 11.8. The monoisotopic (exact) mass is 282 g/mol. The molecule has 104 valence electrons. The highest BCUT2D eigenvalue weighted by Gasteiger charge is 2.43. The summed E-state index contributed by atoms with van der Waals surface area (Å²) in [5.41, 5.74) is 0.231. The van der Waals surface area contributed by atoms with Crippen LogP contribution in [0.15, 0.2) is 12.1 Å². The van der Waals surface area contributed by atoms with Gasteiger partial charge in [0, 0.05) is 10.6 Å². The van der Waals surface area contributed by atoms with Gasteiger partial charge in [-0.25, -0.2) is 0 Å². The number of phenolic OH excluding ortho intramolecular Hbond substituents is 1. The molecule has 3 nitrogen and oxygen atoms in total. The molecule has 0 amide bonds. The fourth-order valence-electron chi connectivity index (χ4n) is 3.04. The van der Waals surface area contributed by atoms with Crippen LogP contribution in [0.2, 0.25) is 5.02 Å². The lowest BCUT2D eigenvalue weighted by atomic mass is 9.69. The molecule has 0 bridgehead atoms. The molecule has 1 aliphatic carbocycles. The third-order valence-electron chi connectivity index (χ3n) is 4.17. The van der Waals surface area contributed by atoms with Crippen molar-refractivity contribution in [2.24, 2.45) is 0 Å². The average Bonchev–Trinajstić information content (AvgIpc) is 2.41. The molecule has 0 spiro atoms. The summed E-state index contributed by atoms with van der Waals surface area (Å²) in [5, 5.41) is 20.5. The molecule has 0 unspecified atom stereocenters. The Balaban J connectivity index is 2.59. The molecule has 19 heavy (non-hydrogen) atoms. The molecule has 1 aromatic rings. The van der Waals surface area contributed by atoms with E-state index in [0.29, 0.717) is 35.4 Å². The summed E-state index contributed by atoms with van der Waals surface area (Å²) in [6.45, 7) is 1.92. The maximum atomic E-state index is 11.8. The standard InChI is InChI=1S/C15H19ClO3/c1-2-10-8-11(16)9-12(13(10)17)15(14(18)19)6-4-3-5-7-15/h8-9,17H,2-7H2,1H3,(H,18,19). The van der Waals surface area contributed by atoms with Crippen molar-refractivity contribution >= 4 is 17.6 Å². The highest BCUT2D eigenvalue weighted by atomic mass is 35.5. The number of aryl methyl sites for hydroxylation is 1. The Morgan fingerprint density at radius 1 is 1.32 bits per heavy atom. The minimum absolute atomic E-state index is 0.108. The lowest BCUT2D eigenvalue weighted by Gasteiger charge is -2.34. The third-order valence-corrected chi connectivity index (χ3v) is 4.38. The van der Waals surface area contributed by atoms with Gasteiger partial charge in [0.25, 0.3) is 0 Å².